The summed E-state index contributed by atoms with van der Waals surface area (Å²) in [6.07, 6.45) is 3.38. The minimum atomic E-state index is -0.130. The van der Waals surface area contributed by atoms with Crippen molar-refractivity contribution in [3.63, 3.8) is 0 Å². The summed E-state index contributed by atoms with van der Waals surface area (Å²) in [6, 6.07) is 23.7. The molecule has 0 N–H and O–H groups in total. The minimum Gasteiger partial charge on any atom is -0.453 e. The molecule has 110 valence electrons. The van der Waals surface area contributed by atoms with Crippen LogP contribution in [0.4, 0.5) is 0 Å². The summed E-state index contributed by atoms with van der Waals surface area (Å²) < 4.78 is 5.59. The monoisotopic (exact) mass is 298 g/mol. The van der Waals surface area contributed by atoms with Gasteiger partial charge in [-0.05, 0) is 40.6 Å². The van der Waals surface area contributed by atoms with Crippen LogP contribution in [0.25, 0.3) is 27.8 Å². The Kier molecular flexibility index (Phi) is 3.28. The summed E-state index contributed by atoms with van der Waals surface area (Å²) in [5.41, 5.74) is 1.73. The third kappa shape index (κ3) is 2.67. The van der Waals surface area contributed by atoms with Crippen LogP contribution in [-0.2, 0) is 0 Å². The predicted molar refractivity (Wildman–Crippen MR) is 93.5 cm³/mol. The first-order chi connectivity index (χ1) is 11.3. The molecule has 0 bridgehead atoms. The van der Waals surface area contributed by atoms with Gasteiger partial charge in [-0.1, -0.05) is 60.7 Å². The van der Waals surface area contributed by atoms with Gasteiger partial charge in [-0.3, -0.25) is 4.79 Å². The van der Waals surface area contributed by atoms with Gasteiger partial charge < -0.3 is 4.42 Å². The summed E-state index contributed by atoms with van der Waals surface area (Å²) in [6.45, 7) is 0. The van der Waals surface area contributed by atoms with Crippen molar-refractivity contribution >= 4 is 33.6 Å². The number of fused-ring (bicyclic) bond motifs is 2. The molecule has 1 aromatic heterocycles. The molecule has 0 amide bonds. The highest BCUT2D eigenvalue weighted by atomic mass is 16.3. The summed E-state index contributed by atoms with van der Waals surface area (Å²) >= 11 is 0. The molecule has 0 spiro atoms. The Labute approximate surface area is 133 Å². The summed E-state index contributed by atoms with van der Waals surface area (Å²) in [7, 11) is 0. The molecule has 4 rings (SSSR count). The Morgan fingerprint density at radius 2 is 1.52 bits per heavy atom. The Balaban J connectivity index is 1.62. The molecule has 1 heterocycles. The van der Waals surface area contributed by atoms with E-state index in [0.29, 0.717) is 5.76 Å². The van der Waals surface area contributed by atoms with Gasteiger partial charge in [0, 0.05) is 5.39 Å². The van der Waals surface area contributed by atoms with Crippen molar-refractivity contribution in [3.05, 3.63) is 90.2 Å². The average molecular weight is 298 g/mol. The smallest absolute Gasteiger partial charge is 0.221 e. The van der Waals surface area contributed by atoms with Gasteiger partial charge in [0.25, 0.3) is 0 Å². The first-order valence-corrected chi connectivity index (χ1v) is 7.49. The number of rotatable bonds is 3. The van der Waals surface area contributed by atoms with E-state index in [1.807, 2.05) is 48.5 Å². The molecule has 0 radical (unpaired) electrons. The standard InChI is InChI=1S/C21H14O2/c22-19(21-14-18-7-3-4-8-20(18)23-21)12-10-15-9-11-16-5-1-2-6-17(16)13-15/h1-14H. The molecule has 0 saturated heterocycles. The third-order valence-electron chi connectivity index (χ3n) is 3.87. The number of carbonyl (C=O) groups excluding carboxylic acids is 1. The SMILES string of the molecule is O=C(C=Cc1ccc2ccccc2c1)c1cc2ccccc2o1. The predicted octanol–water partition coefficient (Wildman–Crippen LogP) is 5.48. The van der Waals surface area contributed by atoms with E-state index in [4.69, 9.17) is 4.42 Å². The van der Waals surface area contributed by atoms with E-state index in [1.54, 1.807) is 12.1 Å². The second-order valence-electron chi connectivity index (χ2n) is 5.45. The van der Waals surface area contributed by atoms with Crippen LogP contribution in [0, 0.1) is 0 Å². The second-order valence-corrected chi connectivity index (χ2v) is 5.45. The van der Waals surface area contributed by atoms with Crippen molar-refractivity contribution in [2.45, 2.75) is 0 Å². The lowest BCUT2D eigenvalue weighted by Gasteiger charge is -1.98. The van der Waals surface area contributed by atoms with E-state index in [1.165, 1.54) is 5.39 Å². The first kappa shape index (κ1) is 13.5. The topological polar surface area (TPSA) is 30.2 Å². The Morgan fingerprint density at radius 3 is 2.35 bits per heavy atom. The Morgan fingerprint density at radius 1 is 0.783 bits per heavy atom. The molecule has 4 aromatic rings. The van der Waals surface area contributed by atoms with E-state index in [0.717, 1.165) is 21.9 Å². The van der Waals surface area contributed by atoms with Crippen LogP contribution in [0.2, 0.25) is 0 Å². The van der Waals surface area contributed by atoms with Crippen molar-refractivity contribution in [1.82, 2.24) is 0 Å². The maximum absolute atomic E-state index is 12.3. The van der Waals surface area contributed by atoms with Gasteiger partial charge >= 0.3 is 0 Å². The van der Waals surface area contributed by atoms with Crippen LogP contribution in [0.5, 0.6) is 0 Å². The Hall–Kier alpha value is -3.13. The lowest BCUT2D eigenvalue weighted by molar-refractivity contribution is 0.102. The number of benzene rings is 3. The minimum absolute atomic E-state index is 0.130. The van der Waals surface area contributed by atoms with Gasteiger partial charge in [-0.2, -0.15) is 0 Å². The van der Waals surface area contributed by atoms with E-state index in [2.05, 4.69) is 24.3 Å². The maximum Gasteiger partial charge on any atom is 0.221 e. The highest BCUT2D eigenvalue weighted by Gasteiger charge is 2.08. The third-order valence-corrected chi connectivity index (χ3v) is 3.87. The van der Waals surface area contributed by atoms with Gasteiger partial charge in [0.1, 0.15) is 5.58 Å². The van der Waals surface area contributed by atoms with Gasteiger partial charge in [-0.15, -0.1) is 0 Å². The second kappa shape index (κ2) is 5.58. The van der Waals surface area contributed by atoms with Crippen LogP contribution < -0.4 is 0 Å². The van der Waals surface area contributed by atoms with E-state index >= 15 is 0 Å². The van der Waals surface area contributed by atoms with Crippen molar-refractivity contribution in [3.8, 4) is 0 Å². The van der Waals surface area contributed by atoms with Crippen molar-refractivity contribution in [1.29, 1.82) is 0 Å². The van der Waals surface area contributed by atoms with Gasteiger partial charge in [0.15, 0.2) is 5.76 Å². The fraction of sp³-hybridized carbons (Fsp3) is 0. The van der Waals surface area contributed by atoms with Crippen LogP contribution in [-0.4, -0.2) is 5.78 Å². The molecule has 3 aromatic carbocycles. The number of furan rings is 1. The number of carbonyl (C=O) groups is 1. The summed E-state index contributed by atoms with van der Waals surface area (Å²) in [5.74, 6) is 0.234. The number of ketones is 1. The normalized spacial score (nSPS) is 11.5. The largest absolute Gasteiger partial charge is 0.453 e. The highest BCUT2D eigenvalue weighted by molar-refractivity contribution is 6.07. The first-order valence-electron chi connectivity index (χ1n) is 7.49. The van der Waals surface area contributed by atoms with Gasteiger partial charge in [-0.25, -0.2) is 0 Å². The number of para-hydroxylation sites is 1. The van der Waals surface area contributed by atoms with Crippen LogP contribution in [0.15, 0.2) is 83.3 Å². The quantitative estimate of drug-likeness (QED) is 0.370. The summed E-state index contributed by atoms with van der Waals surface area (Å²) in [4.78, 5) is 12.3. The molecular formula is C21H14O2. The highest BCUT2D eigenvalue weighted by Crippen LogP contribution is 2.20. The van der Waals surface area contributed by atoms with Crippen molar-refractivity contribution < 1.29 is 9.21 Å². The number of hydrogen-bond donors (Lipinski definition) is 0. The molecule has 0 atom stereocenters. The van der Waals surface area contributed by atoms with E-state index in [-0.39, 0.29) is 5.78 Å². The molecule has 0 aliphatic carbocycles. The zero-order valence-corrected chi connectivity index (χ0v) is 12.4. The lowest BCUT2D eigenvalue weighted by Crippen LogP contribution is -1.90. The van der Waals surface area contributed by atoms with Gasteiger partial charge in [0.2, 0.25) is 5.78 Å². The fourth-order valence-corrected chi connectivity index (χ4v) is 2.67. The zero-order valence-electron chi connectivity index (χ0n) is 12.4. The molecule has 0 saturated carbocycles. The molecule has 2 nitrogen and oxygen atoms in total. The summed E-state index contributed by atoms with van der Waals surface area (Å²) in [5, 5.41) is 3.29. The number of hydrogen-bond acceptors (Lipinski definition) is 2. The van der Waals surface area contributed by atoms with Crippen LogP contribution in [0.1, 0.15) is 16.1 Å². The molecular weight excluding hydrogens is 284 g/mol. The average Bonchev–Trinajstić information content (AvgIpc) is 3.04. The molecule has 0 aliphatic heterocycles. The lowest BCUT2D eigenvalue weighted by atomic mass is 10.1. The molecule has 2 heteroatoms. The Bertz CT molecular complexity index is 1000. The molecule has 0 unspecified atom stereocenters. The van der Waals surface area contributed by atoms with Crippen LogP contribution >= 0.6 is 0 Å². The van der Waals surface area contributed by atoms with Gasteiger partial charge in [0.05, 0.1) is 0 Å². The molecule has 23 heavy (non-hydrogen) atoms. The van der Waals surface area contributed by atoms with Crippen molar-refractivity contribution in [2.24, 2.45) is 0 Å². The zero-order chi connectivity index (χ0) is 15.6. The number of allylic oxidation sites excluding steroid dienone is 1. The van der Waals surface area contributed by atoms with Crippen LogP contribution in [0.3, 0.4) is 0 Å². The molecule has 0 aliphatic rings. The van der Waals surface area contributed by atoms with Crippen molar-refractivity contribution in [2.75, 3.05) is 0 Å². The van der Waals surface area contributed by atoms with E-state index in [9.17, 15) is 4.79 Å². The maximum atomic E-state index is 12.3. The van der Waals surface area contributed by atoms with E-state index < -0.39 is 0 Å². The molecule has 0 fully saturated rings. The fourth-order valence-electron chi connectivity index (χ4n) is 2.67.